The van der Waals surface area contributed by atoms with Crippen molar-refractivity contribution in [3.63, 3.8) is 0 Å². The van der Waals surface area contributed by atoms with Gasteiger partial charge in [-0.3, -0.25) is 4.79 Å². The largest absolute Gasteiger partial charge is 0.479 e. The van der Waals surface area contributed by atoms with Crippen LogP contribution in [0.5, 0.6) is 5.75 Å². The summed E-state index contributed by atoms with van der Waals surface area (Å²) in [6, 6.07) is 2.80. The number of pyridine rings is 1. The third kappa shape index (κ3) is 4.31. The van der Waals surface area contributed by atoms with E-state index in [9.17, 15) is 9.18 Å². The molecular formula is C13H19FN2O2. The Morgan fingerprint density at radius 2 is 2.11 bits per heavy atom. The summed E-state index contributed by atoms with van der Waals surface area (Å²) in [6.45, 7) is 5.69. The Bertz CT molecular complexity index is 377. The molecule has 1 amide bonds. The molecule has 1 N–H and O–H groups in total. The van der Waals surface area contributed by atoms with E-state index in [0.29, 0.717) is 5.75 Å². The van der Waals surface area contributed by atoms with E-state index in [4.69, 9.17) is 4.74 Å². The second-order valence-electron chi connectivity index (χ2n) is 4.10. The summed E-state index contributed by atoms with van der Waals surface area (Å²) in [7, 11) is 0. The molecule has 100 valence electrons. The number of halogens is 1. The molecule has 0 aliphatic heterocycles. The molecule has 18 heavy (non-hydrogen) atoms. The standard InChI is InChI=1S/C13H19FN2O2/c1-4-10(5-2)16-13(17)9(3)18-11-6-7-12(14)15-8-11/h6-10H,4-5H2,1-3H3,(H,16,17). The first-order chi connectivity index (χ1) is 8.56. The molecule has 0 radical (unpaired) electrons. The molecule has 5 heteroatoms. The number of ether oxygens (including phenoxy) is 1. The maximum atomic E-state index is 12.6. The Balaban J connectivity index is 2.51. The highest BCUT2D eigenvalue weighted by molar-refractivity contribution is 5.80. The molecule has 0 saturated heterocycles. The van der Waals surface area contributed by atoms with Crippen LogP contribution in [0.2, 0.25) is 0 Å². The number of carbonyl (C=O) groups is 1. The minimum absolute atomic E-state index is 0.162. The molecule has 1 unspecified atom stereocenters. The second kappa shape index (κ2) is 6.93. The van der Waals surface area contributed by atoms with Crippen LogP contribution in [-0.4, -0.2) is 23.0 Å². The van der Waals surface area contributed by atoms with E-state index in [2.05, 4.69) is 10.3 Å². The maximum Gasteiger partial charge on any atom is 0.260 e. The van der Waals surface area contributed by atoms with E-state index in [1.807, 2.05) is 13.8 Å². The number of aromatic nitrogens is 1. The van der Waals surface area contributed by atoms with E-state index in [0.717, 1.165) is 12.8 Å². The van der Waals surface area contributed by atoms with Gasteiger partial charge in [0.2, 0.25) is 5.95 Å². The van der Waals surface area contributed by atoms with E-state index in [-0.39, 0.29) is 11.9 Å². The van der Waals surface area contributed by atoms with Crippen LogP contribution in [0.1, 0.15) is 33.6 Å². The van der Waals surface area contributed by atoms with Gasteiger partial charge in [-0.2, -0.15) is 4.39 Å². The molecule has 0 spiro atoms. The van der Waals surface area contributed by atoms with Gasteiger partial charge in [-0.25, -0.2) is 4.98 Å². The highest BCUT2D eigenvalue weighted by Gasteiger charge is 2.17. The van der Waals surface area contributed by atoms with Crippen LogP contribution in [0.25, 0.3) is 0 Å². The van der Waals surface area contributed by atoms with E-state index < -0.39 is 12.1 Å². The lowest BCUT2D eigenvalue weighted by Crippen LogP contribution is -2.42. The maximum absolute atomic E-state index is 12.6. The highest BCUT2D eigenvalue weighted by Crippen LogP contribution is 2.11. The summed E-state index contributed by atoms with van der Waals surface area (Å²) in [6.07, 6.45) is 2.40. The van der Waals surface area contributed by atoms with Gasteiger partial charge in [-0.05, 0) is 31.9 Å². The zero-order chi connectivity index (χ0) is 13.5. The number of amides is 1. The van der Waals surface area contributed by atoms with Crippen molar-refractivity contribution >= 4 is 5.91 Å². The van der Waals surface area contributed by atoms with Crippen molar-refractivity contribution in [2.75, 3.05) is 0 Å². The van der Waals surface area contributed by atoms with Gasteiger partial charge in [0, 0.05) is 6.04 Å². The SMILES string of the molecule is CCC(CC)NC(=O)C(C)Oc1ccc(F)nc1. The molecule has 1 heterocycles. The average molecular weight is 254 g/mol. The number of carbonyl (C=O) groups excluding carboxylic acids is 1. The van der Waals surface area contributed by atoms with Crippen LogP contribution in [0.3, 0.4) is 0 Å². The normalized spacial score (nSPS) is 12.3. The molecule has 0 aliphatic rings. The quantitative estimate of drug-likeness (QED) is 0.792. The third-order valence-corrected chi connectivity index (χ3v) is 2.71. The van der Waals surface area contributed by atoms with Crippen LogP contribution in [0, 0.1) is 5.95 Å². The van der Waals surface area contributed by atoms with Gasteiger partial charge in [-0.15, -0.1) is 0 Å². The molecular weight excluding hydrogens is 235 g/mol. The summed E-state index contributed by atoms with van der Waals surface area (Å²) < 4.78 is 18.0. The molecule has 0 aromatic carbocycles. The van der Waals surface area contributed by atoms with Gasteiger partial charge in [0.05, 0.1) is 6.20 Å². The van der Waals surface area contributed by atoms with Crippen LogP contribution >= 0.6 is 0 Å². The van der Waals surface area contributed by atoms with Crippen LogP contribution in [0.4, 0.5) is 4.39 Å². The van der Waals surface area contributed by atoms with Crippen molar-refractivity contribution in [2.24, 2.45) is 0 Å². The lowest BCUT2D eigenvalue weighted by molar-refractivity contribution is -0.128. The van der Waals surface area contributed by atoms with Crippen molar-refractivity contribution < 1.29 is 13.9 Å². The Labute approximate surface area is 107 Å². The van der Waals surface area contributed by atoms with Crippen LogP contribution in [0.15, 0.2) is 18.3 Å². The zero-order valence-electron chi connectivity index (χ0n) is 10.9. The van der Waals surface area contributed by atoms with Gasteiger partial charge in [0.1, 0.15) is 5.75 Å². The minimum atomic E-state index is -0.627. The molecule has 0 aliphatic carbocycles. The van der Waals surface area contributed by atoms with E-state index in [1.165, 1.54) is 18.3 Å². The van der Waals surface area contributed by atoms with Crippen molar-refractivity contribution in [1.82, 2.24) is 10.3 Å². The fourth-order valence-corrected chi connectivity index (χ4v) is 1.50. The summed E-state index contributed by atoms with van der Waals surface area (Å²) in [5.41, 5.74) is 0. The lowest BCUT2D eigenvalue weighted by atomic mass is 10.1. The first-order valence-electron chi connectivity index (χ1n) is 6.15. The summed E-state index contributed by atoms with van der Waals surface area (Å²) >= 11 is 0. The Morgan fingerprint density at radius 3 is 2.61 bits per heavy atom. The monoisotopic (exact) mass is 254 g/mol. The Morgan fingerprint density at radius 1 is 1.44 bits per heavy atom. The Hall–Kier alpha value is -1.65. The summed E-state index contributed by atoms with van der Waals surface area (Å²) in [5.74, 6) is -0.367. The number of hydrogen-bond acceptors (Lipinski definition) is 3. The fourth-order valence-electron chi connectivity index (χ4n) is 1.50. The summed E-state index contributed by atoms with van der Waals surface area (Å²) in [4.78, 5) is 15.3. The molecule has 1 aromatic rings. The van der Waals surface area contributed by atoms with Gasteiger partial charge in [0.15, 0.2) is 6.10 Å². The lowest BCUT2D eigenvalue weighted by Gasteiger charge is -2.19. The Kier molecular flexibility index (Phi) is 5.55. The average Bonchev–Trinajstić information content (AvgIpc) is 2.38. The second-order valence-corrected chi connectivity index (χ2v) is 4.10. The van der Waals surface area contributed by atoms with Crippen LogP contribution < -0.4 is 10.1 Å². The highest BCUT2D eigenvalue weighted by atomic mass is 19.1. The van der Waals surface area contributed by atoms with Gasteiger partial charge in [0.25, 0.3) is 5.91 Å². The smallest absolute Gasteiger partial charge is 0.260 e. The molecule has 1 aromatic heterocycles. The molecule has 1 atom stereocenters. The molecule has 1 rings (SSSR count). The number of rotatable bonds is 6. The number of nitrogens with zero attached hydrogens (tertiary/aromatic N) is 1. The topological polar surface area (TPSA) is 51.2 Å². The van der Waals surface area contributed by atoms with Gasteiger partial charge < -0.3 is 10.1 Å². The van der Waals surface area contributed by atoms with Crippen molar-refractivity contribution in [3.05, 3.63) is 24.3 Å². The van der Waals surface area contributed by atoms with Gasteiger partial charge in [-0.1, -0.05) is 13.8 Å². The first-order valence-corrected chi connectivity index (χ1v) is 6.15. The number of hydrogen-bond donors (Lipinski definition) is 1. The molecule has 4 nitrogen and oxygen atoms in total. The minimum Gasteiger partial charge on any atom is -0.479 e. The van der Waals surface area contributed by atoms with Crippen molar-refractivity contribution in [2.45, 2.75) is 45.8 Å². The van der Waals surface area contributed by atoms with Crippen molar-refractivity contribution in [1.29, 1.82) is 0 Å². The first kappa shape index (κ1) is 14.4. The summed E-state index contributed by atoms with van der Waals surface area (Å²) in [5, 5.41) is 2.89. The molecule has 0 fully saturated rings. The zero-order valence-corrected chi connectivity index (χ0v) is 10.9. The third-order valence-electron chi connectivity index (χ3n) is 2.71. The predicted molar refractivity (Wildman–Crippen MR) is 66.8 cm³/mol. The van der Waals surface area contributed by atoms with Gasteiger partial charge >= 0.3 is 0 Å². The van der Waals surface area contributed by atoms with Crippen molar-refractivity contribution in [3.8, 4) is 5.75 Å². The number of nitrogens with one attached hydrogen (secondary N) is 1. The predicted octanol–water partition coefficient (Wildman–Crippen LogP) is 2.29. The van der Waals surface area contributed by atoms with E-state index in [1.54, 1.807) is 6.92 Å². The molecule has 0 saturated carbocycles. The fraction of sp³-hybridized carbons (Fsp3) is 0.538. The molecule has 0 bridgehead atoms. The van der Waals surface area contributed by atoms with E-state index >= 15 is 0 Å². The van der Waals surface area contributed by atoms with Crippen LogP contribution in [-0.2, 0) is 4.79 Å².